The second kappa shape index (κ2) is 37.7. The lowest BCUT2D eigenvalue weighted by molar-refractivity contribution is -0.179. The Morgan fingerprint density at radius 2 is 1.39 bits per heavy atom. The molecule has 101 heavy (non-hydrogen) atoms. The van der Waals surface area contributed by atoms with Gasteiger partial charge in [-0.3, -0.25) is 38.4 Å². The van der Waals surface area contributed by atoms with Gasteiger partial charge in [0.2, 0.25) is 35.4 Å². The highest BCUT2D eigenvalue weighted by Gasteiger charge is 2.52. The Morgan fingerprint density at radius 1 is 0.762 bits per heavy atom. The van der Waals surface area contributed by atoms with Crippen molar-refractivity contribution in [3.63, 3.8) is 0 Å². The van der Waals surface area contributed by atoms with E-state index < -0.39 is 170 Å². The molecule has 4 aromatic carbocycles. The number of carboxylic acid groups (broad SMARTS) is 1. The van der Waals surface area contributed by atoms with Crippen LogP contribution in [-0.4, -0.2) is 175 Å². The molecule has 12 atom stereocenters. The lowest BCUT2D eigenvalue weighted by Gasteiger charge is -2.43. The summed E-state index contributed by atoms with van der Waals surface area (Å²) in [5, 5.41) is 71.4. The van der Waals surface area contributed by atoms with Crippen molar-refractivity contribution in [2.24, 2.45) is 23.2 Å². The summed E-state index contributed by atoms with van der Waals surface area (Å²) in [5.74, 6) is -7.35. The molecule has 25 nitrogen and oxygen atoms in total. The van der Waals surface area contributed by atoms with Crippen molar-refractivity contribution >= 4 is 83.6 Å². The van der Waals surface area contributed by atoms with Crippen molar-refractivity contribution in [3.05, 3.63) is 137 Å². The summed E-state index contributed by atoms with van der Waals surface area (Å²) < 4.78 is 30.3. The fraction of sp³-hybridized carbons (Fsp3) is 0.527. The Bertz CT molecular complexity index is 3440. The number of ether oxygens (including phenoxy) is 4. The molecule has 4 aromatic rings. The van der Waals surface area contributed by atoms with E-state index in [2.05, 4.69) is 31.9 Å². The average molecular weight is 1440 g/mol. The average Bonchev–Trinajstić information content (AvgIpc) is 1.39. The minimum atomic E-state index is -3.19. The Morgan fingerprint density at radius 3 is 1.97 bits per heavy atom. The fourth-order valence-corrected chi connectivity index (χ4v) is 16.8. The van der Waals surface area contributed by atoms with Crippen LogP contribution >= 0.6 is 11.6 Å². The first kappa shape index (κ1) is 81.9. The first-order chi connectivity index (χ1) is 47.6. The number of rotatable bonds is 32. The maximum Gasteiger partial charge on any atom is 0.347 e. The van der Waals surface area contributed by atoms with Crippen molar-refractivity contribution in [2.45, 2.75) is 199 Å². The van der Waals surface area contributed by atoms with Gasteiger partial charge in [0, 0.05) is 57.7 Å². The third-order valence-corrected chi connectivity index (χ3v) is 23.2. The summed E-state index contributed by atoms with van der Waals surface area (Å²) in [6.07, 6.45) is -8.80. The molecule has 2 heterocycles. The molecular formula is C74H101ClN6O19Si. The normalized spacial score (nSPS) is 20.8. The number of cyclic esters (lactones) is 2. The van der Waals surface area contributed by atoms with E-state index in [0.717, 1.165) is 15.9 Å². The molecule has 11 N–H and O–H groups in total. The van der Waals surface area contributed by atoms with Gasteiger partial charge in [-0.05, 0) is 95.3 Å². The van der Waals surface area contributed by atoms with Gasteiger partial charge in [0.1, 0.15) is 54.4 Å². The van der Waals surface area contributed by atoms with Crippen molar-refractivity contribution in [2.75, 3.05) is 26.8 Å². The van der Waals surface area contributed by atoms with Crippen LogP contribution in [-0.2, 0) is 74.8 Å². The lowest BCUT2D eigenvalue weighted by atomic mass is 9.92. The number of carboxylic acids is 1. The number of aliphatic carboxylic acids is 1. The molecule has 1 saturated heterocycles. The van der Waals surface area contributed by atoms with Gasteiger partial charge < -0.3 is 80.8 Å². The first-order valence-electron chi connectivity index (χ1n) is 34.2. The highest BCUT2D eigenvalue weighted by Crippen LogP contribution is 2.45. The maximum atomic E-state index is 14.2. The molecule has 0 bridgehead atoms. The van der Waals surface area contributed by atoms with E-state index in [1.54, 1.807) is 70.2 Å². The van der Waals surface area contributed by atoms with Gasteiger partial charge in [-0.2, -0.15) is 0 Å². The van der Waals surface area contributed by atoms with Crippen LogP contribution in [0, 0.1) is 23.2 Å². The molecule has 6 rings (SSSR count). The minimum Gasteiger partial charge on any atom is -0.495 e. The number of amides is 6. The van der Waals surface area contributed by atoms with Crippen LogP contribution in [0.5, 0.6) is 5.75 Å². The summed E-state index contributed by atoms with van der Waals surface area (Å²) in [5.41, 5.74) is 0.627. The fourth-order valence-electron chi connectivity index (χ4n) is 11.9. The van der Waals surface area contributed by atoms with Crippen molar-refractivity contribution in [1.82, 2.24) is 31.9 Å². The molecule has 0 aromatic heterocycles. The molecule has 0 spiro atoms. The molecule has 0 unspecified atom stereocenters. The molecule has 1 fully saturated rings. The number of aliphatic hydroxyl groups excluding tert-OH is 4. The first-order valence-corrected chi connectivity index (χ1v) is 36.5. The van der Waals surface area contributed by atoms with Crippen molar-refractivity contribution in [1.29, 1.82) is 0 Å². The summed E-state index contributed by atoms with van der Waals surface area (Å²) >= 11 is 6.41. The van der Waals surface area contributed by atoms with Crippen LogP contribution in [0.4, 0.5) is 0 Å². The standard InChI is InChI=1S/C74H101ClN6O19Si/c1-43(2)36-58-71(94)98-56(24-18-25-60(85)79-53(38-47-30-34-57(96-11)51(75)37-47)69(92)78-42-74(9,10)72(95)99-58)45(5)66-67(100-66)48-31-28-46(29-32-48)39-77-68(91)52(80-70(93)63(44(3)4)81-61(86)26-19-27-62(87)88)33-35-59(84)76-40-54(82)64(89)65(90)55(83)41-97-101(73(6,7)8,49-20-14-12-15-21-49)50-22-16-13-17-23-50/h12-18,20-23,25,28-32,34,37,43-45,52-56,58,63-67,82-83,89-90H,19,24,26-27,33,35-36,38-42H2,1-11H3,(H,76,84)(H,77,91)(H,78,92)(H,79,85)(H,80,93)(H,81,86)(H,87,88)/b25-18-/t45-,52-,53+,54-,55+,56-,58-,63-,64+,65+,66+,67+/m0/s1. The molecule has 2 aliphatic rings. The van der Waals surface area contributed by atoms with Gasteiger partial charge in [-0.25, -0.2) is 4.79 Å². The Hall–Kier alpha value is -8.08. The van der Waals surface area contributed by atoms with Crippen LogP contribution in [0.15, 0.2) is 115 Å². The Kier molecular flexibility index (Phi) is 30.6. The highest BCUT2D eigenvalue weighted by molar-refractivity contribution is 6.99. The molecule has 2 aliphatic heterocycles. The third-order valence-electron chi connectivity index (χ3n) is 17.9. The van der Waals surface area contributed by atoms with E-state index in [4.69, 9.17) is 40.1 Å². The molecule has 552 valence electrons. The predicted molar refractivity (Wildman–Crippen MR) is 378 cm³/mol. The van der Waals surface area contributed by atoms with Crippen LogP contribution in [0.25, 0.3) is 0 Å². The van der Waals surface area contributed by atoms with Gasteiger partial charge in [0.15, 0.2) is 6.10 Å². The number of methoxy groups -OCH3 is 1. The van der Waals surface area contributed by atoms with E-state index in [0.29, 0.717) is 21.9 Å². The van der Waals surface area contributed by atoms with E-state index in [1.807, 2.05) is 102 Å². The summed E-state index contributed by atoms with van der Waals surface area (Å²) in [6, 6.07) is 27.5. The number of hydrogen-bond donors (Lipinski definition) is 11. The summed E-state index contributed by atoms with van der Waals surface area (Å²) in [7, 11) is -1.72. The van der Waals surface area contributed by atoms with Gasteiger partial charge in [0.05, 0.1) is 36.4 Å². The largest absolute Gasteiger partial charge is 0.495 e. The quantitative estimate of drug-likeness (QED) is 0.0182. The van der Waals surface area contributed by atoms with Crippen LogP contribution in [0.1, 0.15) is 137 Å². The Balaban J connectivity index is 1.12. The number of nitrogens with one attached hydrogen (secondary N) is 6. The van der Waals surface area contributed by atoms with Gasteiger partial charge >= 0.3 is 17.9 Å². The van der Waals surface area contributed by atoms with Crippen LogP contribution < -0.4 is 47.0 Å². The van der Waals surface area contributed by atoms with Crippen LogP contribution in [0.3, 0.4) is 0 Å². The van der Waals surface area contributed by atoms with Gasteiger partial charge in [-0.1, -0.05) is 164 Å². The monoisotopic (exact) mass is 1440 g/mol. The van der Waals surface area contributed by atoms with Gasteiger partial charge in [0.25, 0.3) is 8.32 Å². The predicted octanol–water partition coefficient (Wildman–Crippen LogP) is 4.54. The smallest absolute Gasteiger partial charge is 0.347 e. The topological polar surface area (TPSA) is 376 Å². The second-order valence-corrected chi connectivity index (χ2v) is 33.1. The SMILES string of the molecule is COc1ccc(C[C@H]2NC(=O)/C=C\C[C@@H]([C@H](C)[C@H]3O[C@@H]3c3ccc(CNC(=O)[C@H](CCC(=O)NC[C@H](O)[C@@H](O)[C@H](O)[C@H](O)CO[Si](c4ccccc4)(c4ccccc4)C(C)(C)C)NC(=O)[C@@H](NC(=O)CCCC(=O)O)C(C)C)cc3)OC(=O)[C@H](CC(C)C)OC(=O)C(C)(C)CNC2=O)cc1Cl. The number of carbonyl (C=O) groups is 9. The number of epoxide rings is 1. The lowest BCUT2D eigenvalue weighted by Crippen LogP contribution is -2.67. The third kappa shape index (κ3) is 23.7. The minimum absolute atomic E-state index is 0.0124. The summed E-state index contributed by atoms with van der Waals surface area (Å²) in [6.45, 7) is 16.8. The maximum absolute atomic E-state index is 14.2. The number of halogens is 1. The second-order valence-electron chi connectivity index (χ2n) is 28.3. The molecule has 27 heteroatoms. The van der Waals surface area contributed by atoms with Crippen LogP contribution in [0.2, 0.25) is 10.1 Å². The van der Waals surface area contributed by atoms with E-state index in [9.17, 15) is 63.6 Å². The van der Waals surface area contributed by atoms with E-state index in [1.165, 1.54) is 19.3 Å². The zero-order valence-electron chi connectivity index (χ0n) is 59.4. The zero-order valence-corrected chi connectivity index (χ0v) is 61.1. The zero-order chi connectivity index (χ0) is 74.5. The van der Waals surface area contributed by atoms with Crippen molar-refractivity contribution < 1.29 is 92.1 Å². The van der Waals surface area contributed by atoms with E-state index >= 15 is 0 Å². The summed E-state index contributed by atoms with van der Waals surface area (Å²) in [4.78, 5) is 121. The number of esters is 2. The number of benzene rings is 4. The molecule has 0 aliphatic carbocycles. The molecule has 0 saturated carbocycles. The molecule has 6 amide bonds. The van der Waals surface area contributed by atoms with E-state index in [-0.39, 0.29) is 64.0 Å². The number of aliphatic hydroxyl groups is 4. The number of hydrogen-bond acceptors (Lipinski definition) is 18. The highest BCUT2D eigenvalue weighted by atomic mass is 35.5. The molecular weight excluding hydrogens is 1340 g/mol. The molecule has 0 radical (unpaired) electrons. The van der Waals surface area contributed by atoms with Gasteiger partial charge in [-0.15, -0.1) is 0 Å². The Labute approximate surface area is 596 Å². The number of carbonyl (C=O) groups excluding carboxylic acids is 8. The van der Waals surface area contributed by atoms with Crippen molar-refractivity contribution in [3.8, 4) is 5.75 Å².